The zero-order valence-electron chi connectivity index (χ0n) is 7.29. The second-order valence-corrected chi connectivity index (χ2v) is 3.77. The third-order valence-corrected chi connectivity index (χ3v) is 2.95. The van der Waals surface area contributed by atoms with E-state index in [1.807, 2.05) is 0 Å². The molecule has 0 bridgehead atoms. The SMILES string of the molecule is [NH]C(C1CCOC1)C1CCOC1. The summed E-state index contributed by atoms with van der Waals surface area (Å²) in [6.45, 7) is 3.30. The molecule has 3 nitrogen and oxygen atoms in total. The minimum atomic E-state index is 0.0509. The van der Waals surface area contributed by atoms with Crippen molar-refractivity contribution in [3.8, 4) is 0 Å². The highest BCUT2D eigenvalue weighted by atomic mass is 16.5. The van der Waals surface area contributed by atoms with Crippen LogP contribution in [0, 0.1) is 11.8 Å². The minimum absolute atomic E-state index is 0.0509. The number of rotatable bonds is 2. The molecule has 2 aliphatic heterocycles. The molecule has 2 atom stereocenters. The van der Waals surface area contributed by atoms with Crippen molar-refractivity contribution >= 4 is 0 Å². The summed E-state index contributed by atoms with van der Waals surface area (Å²) in [5.74, 6) is 0.938. The fraction of sp³-hybridized carbons (Fsp3) is 1.00. The van der Waals surface area contributed by atoms with E-state index in [1.54, 1.807) is 0 Å². The van der Waals surface area contributed by atoms with Gasteiger partial charge in [0.15, 0.2) is 0 Å². The Morgan fingerprint density at radius 3 is 1.83 bits per heavy atom. The van der Waals surface area contributed by atoms with Gasteiger partial charge in [0.25, 0.3) is 0 Å². The summed E-state index contributed by atoms with van der Waals surface area (Å²) in [6.07, 6.45) is 2.15. The average Bonchev–Trinajstić information content (AvgIpc) is 2.77. The molecule has 0 spiro atoms. The smallest absolute Gasteiger partial charge is 0.0510 e. The standard InChI is InChI=1S/C9H16NO2/c10-9(7-1-3-11-5-7)8-2-4-12-6-8/h7-10H,1-6H2. The Balaban J connectivity index is 1.84. The van der Waals surface area contributed by atoms with Gasteiger partial charge < -0.3 is 9.47 Å². The fourth-order valence-corrected chi connectivity index (χ4v) is 2.06. The van der Waals surface area contributed by atoms with Crippen LogP contribution in [0.2, 0.25) is 0 Å². The molecule has 12 heavy (non-hydrogen) atoms. The summed E-state index contributed by atoms with van der Waals surface area (Å²) >= 11 is 0. The van der Waals surface area contributed by atoms with Crippen LogP contribution in [0.5, 0.6) is 0 Å². The van der Waals surface area contributed by atoms with E-state index in [1.165, 1.54) is 0 Å². The first-order chi connectivity index (χ1) is 5.88. The average molecular weight is 170 g/mol. The fourth-order valence-electron chi connectivity index (χ4n) is 2.06. The van der Waals surface area contributed by atoms with Crippen LogP contribution in [0.4, 0.5) is 0 Å². The van der Waals surface area contributed by atoms with Crippen molar-refractivity contribution in [2.45, 2.75) is 18.9 Å². The van der Waals surface area contributed by atoms with E-state index >= 15 is 0 Å². The molecule has 0 aromatic carbocycles. The monoisotopic (exact) mass is 170 g/mol. The quantitative estimate of drug-likeness (QED) is 0.612. The molecule has 2 saturated heterocycles. The molecular formula is C9H16NO2. The van der Waals surface area contributed by atoms with Crippen molar-refractivity contribution in [2.24, 2.45) is 11.8 Å². The van der Waals surface area contributed by atoms with Crippen molar-refractivity contribution in [3.05, 3.63) is 0 Å². The van der Waals surface area contributed by atoms with Crippen molar-refractivity contribution in [1.82, 2.24) is 5.73 Å². The molecular weight excluding hydrogens is 154 g/mol. The summed E-state index contributed by atoms with van der Waals surface area (Å²) in [5, 5.41) is 0. The van der Waals surface area contributed by atoms with Gasteiger partial charge >= 0.3 is 0 Å². The summed E-state index contributed by atoms with van der Waals surface area (Å²) in [5.41, 5.74) is 8.01. The van der Waals surface area contributed by atoms with Gasteiger partial charge in [0.2, 0.25) is 0 Å². The van der Waals surface area contributed by atoms with Crippen LogP contribution >= 0.6 is 0 Å². The maximum atomic E-state index is 8.01. The second kappa shape index (κ2) is 3.73. The first-order valence-corrected chi connectivity index (χ1v) is 4.74. The van der Waals surface area contributed by atoms with Crippen LogP contribution in [0.15, 0.2) is 0 Å². The van der Waals surface area contributed by atoms with Gasteiger partial charge in [-0.05, 0) is 12.8 Å². The van der Waals surface area contributed by atoms with Crippen molar-refractivity contribution in [3.63, 3.8) is 0 Å². The molecule has 0 aliphatic carbocycles. The number of nitrogens with one attached hydrogen (secondary N) is 1. The van der Waals surface area contributed by atoms with Gasteiger partial charge in [-0.25, -0.2) is 0 Å². The molecule has 1 N–H and O–H groups in total. The molecule has 2 aliphatic rings. The van der Waals surface area contributed by atoms with Gasteiger partial charge in [0.1, 0.15) is 0 Å². The lowest BCUT2D eigenvalue weighted by Crippen LogP contribution is -2.31. The molecule has 2 rings (SSSR count). The summed E-state index contributed by atoms with van der Waals surface area (Å²) in [4.78, 5) is 0. The molecule has 0 saturated carbocycles. The zero-order valence-corrected chi connectivity index (χ0v) is 7.29. The van der Waals surface area contributed by atoms with Gasteiger partial charge in [-0.2, -0.15) is 0 Å². The first-order valence-electron chi connectivity index (χ1n) is 4.74. The van der Waals surface area contributed by atoms with E-state index in [-0.39, 0.29) is 6.04 Å². The molecule has 2 unspecified atom stereocenters. The molecule has 0 amide bonds. The van der Waals surface area contributed by atoms with E-state index in [4.69, 9.17) is 15.2 Å². The number of hydrogen-bond acceptors (Lipinski definition) is 2. The summed E-state index contributed by atoms with van der Waals surface area (Å²) in [6, 6.07) is 0.0509. The van der Waals surface area contributed by atoms with Crippen molar-refractivity contribution in [2.75, 3.05) is 26.4 Å². The van der Waals surface area contributed by atoms with Crippen LogP contribution in [-0.4, -0.2) is 32.5 Å². The molecule has 1 radical (unpaired) electrons. The zero-order chi connectivity index (χ0) is 8.39. The van der Waals surface area contributed by atoms with Crippen LogP contribution in [0.1, 0.15) is 12.8 Å². The minimum Gasteiger partial charge on any atom is -0.381 e. The largest absolute Gasteiger partial charge is 0.381 e. The van der Waals surface area contributed by atoms with E-state index in [2.05, 4.69) is 0 Å². The van der Waals surface area contributed by atoms with Crippen LogP contribution in [-0.2, 0) is 9.47 Å². The number of ether oxygens (including phenoxy) is 2. The Bertz CT molecular complexity index is 123. The maximum Gasteiger partial charge on any atom is 0.0510 e. The van der Waals surface area contributed by atoms with Crippen molar-refractivity contribution in [1.29, 1.82) is 0 Å². The first kappa shape index (κ1) is 8.48. The van der Waals surface area contributed by atoms with Crippen LogP contribution < -0.4 is 5.73 Å². The van der Waals surface area contributed by atoms with Crippen molar-refractivity contribution < 1.29 is 9.47 Å². The molecule has 3 heteroatoms. The Morgan fingerprint density at radius 2 is 1.50 bits per heavy atom. The van der Waals surface area contributed by atoms with Gasteiger partial charge in [0, 0.05) is 31.1 Å². The second-order valence-electron chi connectivity index (χ2n) is 3.77. The predicted octanol–water partition coefficient (Wildman–Crippen LogP) is 0.711. The number of hydrogen-bond donors (Lipinski definition) is 0. The third kappa shape index (κ3) is 1.63. The summed E-state index contributed by atoms with van der Waals surface area (Å²) in [7, 11) is 0. The third-order valence-electron chi connectivity index (χ3n) is 2.95. The van der Waals surface area contributed by atoms with Crippen LogP contribution in [0.25, 0.3) is 0 Å². The van der Waals surface area contributed by atoms with Crippen LogP contribution in [0.3, 0.4) is 0 Å². The summed E-state index contributed by atoms with van der Waals surface area (Å²) < 4.78 is 10.6. The highest BCUT2D eigenvalue weighted by molar-refractivity contribution is 4.83. The predicted molar refractivity (Wildman–Crippen MR) is 44.7 cm³/mol. The lowest BCUT2D eigenvalue weighted by molar-refractivity contribution is 0.155. The van der Waals surface area contributed by atoms with Gasteiger partial charge in [0.05, 0.1) is 13.2 Å². The lowest BCUT2D eigenvalue weighted by atomic mass is 9.88. The van der Waals surface area contributed by atoms with Gasteiger partial charge in [-0.1, -0.05) is 0 Å². The molecule has 69 valence electrons. The Hall–Kier alpha value is -0.120. The molecule has 2 heterocycles. The Morgan fingerprint density at radius 1 is 1.00 bits per heavy atom. The molecule has 2 fully saturated rings. The van der Waals surface area contributed by atoms with E-state index in [0.29, 0.717) is 11.8 Å². The maximum absolute atomic E-state index is 8.01. The van der Waals surface area contributed by atoms with Gasteiger partial charge in [-0.3, -0.25) is 5.73 Å². The Kier molecular flexibility index (Phi) is 2.63. The highest BCUT2D eigenvalue weighted by Crippen LogP contribution is 2.26. The van der Waals surface area contributed by atoms with E-state index in [9.17, 15) is 0 Å². The highest BCUT2D eigenvalue weighted by Gasteiger charge is 2.31. The Labute approximate surface area is 73.2 Å². The topological polar surface area (TPSA) is 42.3 Å². The lowest BCUT2D eigenvalue weighted by Gasteiger charge is -2.21. The molecule has 0 aromatic heterocycles. The van der Waals surface area contributed by atoms with E-state index in [0.717, 1.165) is 39.3 Å². The molecule has 0 aromatic rings. The van der Waals surface area contributed by atoms with Gasteiger partial charge in [-0.15, -0.1) is 0 Å². The van der Waals surface area contributed by atoms with E-state index < -0.39 is 0 Å². The normalized spacial score (nSPS) is 38.8.